The van der Waals surface area contributed by atoms with Crippen molar-refractivity contribution in [3.8, 4) is 0 Å². The van der Waals surface area contributed by atoms with Crippen LogP contribution in [0.4, 0.5) is 38.9 Å². The van der Waals surface area contributed by atoms with E-state index in [2.05, 4.69) is 31.2 Å². The first-order chi connectivity index (χ1) is 14.2. The molecule has 2 aromatic carbocycles. The zero-order valence-electron chi connectivity index (χ0n) is 15.4. The SMILES string of the molecule is O=CCNc1cccc(Nc2ncc(F)c(Nc3cccc(NCC=O)c3)n2)c1. The highest BCUT2D eigenvalue weighted by molar-refractivity contribution is 5.67. The molecule has 8 nitrogen and oxygen atoms in total. The number of carbonyl (C=O) groups excluding carboxylic acids is 2. The van der Waals surface area contributed by atoms with Crippen molar-refractivity contribution in [3.63, 3.8) is 0 Å². The number of halogens is 1. The summed E-state index contributed by atoms with van der Waals surface area (Å²) in [5.74, 6) is -0.398. The Bertz CT molecular complexity index is 998. The number of aldehydes is 2. The summed E-state index contributed by atoms with van der Waals surface area (Å²) < 4.78 is 14.2. The van der Waals surface area contributed by atoms with E-state index >= 15 is 0 Å². The largest absolute Gasteiger partial charge is 0.378 e. The van der Waals surface area contributed by atoms with E-state index in [9.17, 15) is 14.0 Å². The standard InChI is InChI=1S/C20H19FN6O2/c21-18-13-24-20(26-17-6-2-4-15(12-17)23-8-10-29)27-19(18)25-16-5-1-3-14(11-16)22-7-9-28/h1-6,9-13,22-23H,7-8H2,(H2,24,25,26,27). The molecular weight excluding hydrogens is 375 g/mol. The van der Waals surface area contributed by atoms with Gasteiger partial charge >= 0.3 is 0 Å². The van der Waals surface area contributed by atoms with E-state index < -0.39 is 5.82 Å². The molecule has 0 saturated carbocycles. The number of anilines is 6. The van der Waals surface area contributed by atoms with Gasteiger partial charge in [0.1, 0.15) is 12.6 Å². The summed E-state index contributed by atoms with van der Waals surface area (Å²) >= 11 is 0. The Morgan fingerprint density at radius 3 is 1.97 bits per heavy atom. The lowest BCUT2D eigenvalue weighted by Gasteiger charge is -2.11. The van der Waals surface area contributed by atoms with Gasteiger partial charge in [0.25, 0.3) is 0 Å². The summed E-state index contributed by atoms with van der Waals surface area (Å²) in [6.45, 7) is 0.380. The number of hydrogen-bond acceptors (Lipinski definition) is 8. The van der Waals surface area contributed by atoms with Gasteiger partial charge in [0, 0.05) is 22.7 Å². The molecule has 0 amide bonds. The van der Waals surface area contributed by atoms with E-state index in [-0.39, 0.29) is 24.9 Å². The van der Waals surface area contributed by atoms with E-state index in [0.717, 1.165) is 30.1 Å². The Morgan fingerprint density at radius 1 is 0.828 bits per heavy atom. The molecule has 29 heavy (non-hydrogen) atoms. The van der Waals surface area contributed by atoms with Gasteiger partial charge in [-0.3, -0.25) is 0 Å². The van der Waals surface area contributed by atoms with Gasteiger partial charge in [-0.1, -0.05) is 12.1 Å². The number of carbonyl (C=O) groups is 2. The van der Waals surface area contributed by atoms with Crippen LogP contribution in [0.1, 0.15) is 0 Å². The van der Waals surface area contributed by atoms with E-state index in [0.29, 0.717) is 11.4 Å². The van der Waals surface area contributed by atoms with Gasteiger partial charge in [0.2, 0.25) is 5.95 Å². The lowest BCUT2D eigenvalue weighted by atomic mass is 10.2. The van der Waals surface area contributed by atoms with Crippen LogP contribution in [0.5, 0.6) is 0 Å². The third-order valence-electron chi connectivity index (χ3n) is 3.77. The Morgan fingerprint density at radius 2 is 1.38 bits per heavy atom. The molecule has 148 valence electrons. The lowest BCUT2D eigenvalue weighted by molar-refractivity contribution is -0.107. The van der Waals surface area contributed by atoms with Crippen molar-refractivity contribution in [2.45, 2.75) is 0 Å². The molecule has 0 atom stereocenters. The second-order valence-electron chi connectivity index (χ2n) is 5.90. The summed E-state index contributed by atoms with van der Waals surface area (Å²) in [6.07, 6.45) is 2.59. The first kappa shape index (κ1) is 19.7. The Hall–Kier alpha value is -4.01. The summed E-state index contributed by atoms with van der Waals surface area (Å²) in [7, 11) is 0. The molecule has 9 heteroatoms. The fraction of sp³-hybridized carbons (Fsp3) is 0.100. The third-order valence-corrected chi connectivity index (χ3v) is 3.77. The molecule has 0 aliphatic rings. The summed E-state index contributed by atoms with van der Waals surface area (Å²) in [5.41, 5.74) is 2.75. The molecule has 3 rings (SSSR count). The van der Waals surface area contributed by atoms with Crippen LogP contribution in [0.2, 0.25) is 0 Å². The van der Waals surface area contributed by atoms with Crippen LogP contribution in [-0.4, -0.2) is 35.6 Å². The molecule has 0 aliphatic heterocycles. The normalized spacial score (nSPS) is 10.1. The zero-order valence-corrected chi connectivity index (χ0v) is 15.4. The van der Waals surface area contributed by atoms with Crippen LogP contribution in [-0.2, 0) is 9.59 Å². The molecular formula is C20H19FN6O2. The molecule has 0 radical (unpaired) electrons. The van der Waals surface area contributed by atoms with Crippen molar-refractivity contribution < 1.29 is 14.0 Å². The van der Waals surface area contributed by atoms with Crippen LogP contribution in [0.25, 0.3) is 0 Å². The smallest absolute Gasteiger partial charge is 0.229 e. The Kier molecular flexibility index (Phi) is 6.66. The summed E-state index contributed by atoms with van der Waals surface area (Å²) in [4.78, 5) is 29.1. The molecule has 0 bridgehead atoms. The molecule has 0 spiro atoms. The molecule has 3 aromatic rings. The van der Waals surface area contributed by atoms with E-state index in [1.54, 1.807) is 42.5 Å². The first-order valence-corrected chi connectivity index (χ1v) is 8.79. The quantitative estimate of drug-likeness (QED) is 0.388. The highest BCUT2D eigenvalue weighted by atomic mass is 19.1. The number of benzene rings is 2. The lowest BCUT2D eigenvalue weighted by Crippen LogP contribution is -2.05. The average Bonchev–Trinajstić information content (AvgIpc) is 2.74. The van der Waals surface area contributed by atoms with Gasteiger partial charge in [-0.2, -0.15) is 4.98 Å². The van der Waals surface area contributed by atoms with E-state index in [1.807, 2.05) is 6.07 Å². The fourth-order valence-electron chi connectivity index (χ4n) is 2.51. The highest BCUT2D eigenvalue weighted by Crippen LogP contribution is 2.23. The minimum Gasteiger partial charge on any atom is -0.378 e. The topological polar surface area (TPSA) is 108 Å². The monoisotopic (exact) mass is 394 g/mol. The van der Waals surface area contributed by atoms with Crippen molar-refractivity contribution >= 4 is 47.1 Å². The Labute approximate surface area is 166 Å². The molecule has 0 unspecified atom stereocenters. The zero-order chi connectivity index (χ0) is 20.5. The second-order valence-corrected chi connectivity index (χ2v) is 5.90. The average molecular weight is 394 g/mol. The summed E-state index contributed by atoms with van der Waals surface area (Å²) in [6, 6.07) is 14.3. The first-order valence-electron chi connectivity index (χ1n) is 8.79. The van der Waals surface area contributed by atoms with Gasteiger partial charge in [-0.15, -0.1) is 0 Å². The number of aromatic nitrogens is 2. The van der Waals surface area contributed by atoms with Crippen LogP contribution < -0.4 is 21.3 Å². The van der Waals surface area contributed by atoms with Gasteiger partial charge < -0.3 is 30.9 Å². The maximum Gasteiger partial charge on any atom is 0.229 e. The van der Waals surface area contributed by atoms with E-state index in [4.69, 9.17) is 0 Å². The van der Waals surface area contributed by atoms with Crippen LogP contribution in [0, 0.1) is 5.82 Å². The van der Waals surface area contributed by atoms with Crippen molar-refractivity contribution in [1.29, 1.82) is 0 Å². The molecule has 0 saturated heterocycles. The van der Waals surface area contributed by atoms with Gasteiger partial charge in [0.05, 0.1) is 19.3 Å². The predicted molar refractivity (Wildman–Crippen MR) is 111 cm³/mol. The molecule has 1 aromatic heterocycles. The van der Waals surface area contributed by atoms with Gasteiger partial charge in [-0.05, 0) is 36.4 Å². The predicted octanol–water partition coefficient (Wildman–Crippen LogP) is 3.32. The Balaban J connectivity index is 1.75. The van der Waals surface area contributed by atoms with Crippen LogP contribution in [0.3, 0.4) is 0 Å². The molecule has 0 aliphatic carbocycles. The third kappa shape index (κ3) is 5.73. The molecule has 1 heterocycles. The maximum atomic E-state index is 14.2. The van der Waals surface area contributed by atoms with Crippen LogP contribution >= 0.6 is 0 Å². The highest BCUT2D eigenvalue weighted by Gasteiger charge is 2.08. The van der Waals surface area contributed by atoms with Crippen molar-refractivity contribution in [2.75, 3.05) is 34.4 Å². The van der Waals surface area contributed by atoms with Gasteiger partial charge in [0.15, 0.2) is 11.6 Å². The molecule has 0 fully saturated rings. The number of rotatable bonds is 10. The maximum absolute atomic E-state index is 14.2. The number of hydrogen-bond donors (Lipinski definition) is 4. The minimum absolute atomic E-state index is 0.00488. The summed E-state index contributed by atoms with van der Waals surface area (Å²) in [5, 5.41) is 11.8. The molecule has 4 N–H and O–H groups in total. The minimum atomic E-state index is -0.608. The number of nitrogens with zero attached hydrogens (tertiary/aromatic N) is 2. The van der Waals surface area contributed by atoms with Crippen molar-refractivity contribution in [3.05, 3.63) is 60.5 Å². The number of nitrogens with one attached hydrogen (secondary N) is 4. The fourth-order valence-corrected chi connectivity index (χ4v) is 2.51. The van der Waals surface area contributed by atoms with Crippen molar-refractivity contribution in [2.24, 2.45) is 0 Å². The second kappa shape index (κ2) is 9.79. The van der Waals surface area contributed by atoms with E-state index in [1.165, 1.54) is 0 Å². The van der Waals surface area contributed by atoms with Crippen molar-refractivity contribution in [1.82, 2.24) is 9.97 Å². The van der Waals surface area contributed by atoms with Crippen LogP contribution in [0.15, 0.2) is 54.7 Å². The van der Waals surface area contributed by atoms with Gasteiger partial charge in [-0.25, -0.2) is 9.37 Å².